The van der Waals surface area contributed by atoms with Crippen LogP contribution in [0.3, 0.4) is 0 Å². The number of ether oxygens (including phenoxy) is 1. The summed E-state index contributed by atoms with van der Waals surface area (Å²) in [7, 11) is 0. The SMILES string of the molecule is Cc1ccc(N2CCOCC2)cc1NC(=O)CC(C)C. The zero-order valence-corrected chi connectivity index (χ0v) is 12.6. The summed E-state index contributed by atoms with van der Waals surface area (Å²) in [5, 5.41) is 3.02. The molecule has 1 aromatic carbocycles. The van der Waals surface area contributed by atoms with Crippen LogP contribution >= 0.6 is 0 Å². The Morgan fingerprint density at radius 2 is 2.05 bits per heavy atom. The molecule has 0 unspecified atom stereocenters. The van der Waals surface area contributed by atoms with E-state index < -0.39 is 0 Å². The highest BCUT2D eigenvalue weighted by molar-refractivity contribution is 5.92. The van der Waals surface area contributed by atoms with E-state index in [0.29, 0.717) is 12.3 Å². The normalized spacial score (nSPS) is 15.5. The lowest BCUT2D eigenvalue weighted by Gasteiger charge is -2.29. The smallest absolute Gasteiger partial charge is 0.224 e. The lowest BCUT2D eigenvalue weighted by molar-refractivity contribution is -0.116. The Morgan fingerprint density at radius 3 is 2.70 bits per heavy atom. The van der Waals surface area contributed by atoms with Crippen LogP contribution in [0.25, 0.3) is 0 Å². The van der Waals surface area contributed by atoms with E-state index in [0.717, 1.165) is 43.2 Å². The van der Waals surface area contributed by atoms with E-state index in [9.17, 15) is 4.79 Å². The van der Waals surface area contributed by atoms with Gasteiger partial charge >= 0.3 is 0 Å². The van der Waals surface area contributed by atoms with Gasteiger partial charge in [0, 0.05) is 30.9 Å². The number of hydrogen-bond acceptors (Lipinski definition) is 3. The molecule has 20 heavy (non-hydrogen) atoms. The quantitative estimate of drug-likeness (QED) is 0.919. The van der Waals surface area contributed by atoms with E-state index in [1.807, 2.05) is 6.92 Å². The highest BCUT2D eigenvalue weighted by atomic mass is 16.5. The molecule has 0 atom stereocenters. The van der Waals surface area contributed by atoms with Crippen LogP contribution in [0, 0.1) is 12.8 Å². The molecule has 0 aliphatic carbocycles. The van der Waals surface area contributed by atoms with Gasteiger partial charge in [-0.05, 0) is 30.5 Å². The number of benzene rings is 1. The average molecular weight is 276 g/mol. The van der Waals surface area contributed by atoms with Gasteiger partial charge in [-0.3, -0.25) is 4.79 Å². The summed E-state index contributed by atoms with van der Waals surface area (Å²) < 4.78 is 5.37. The Balaban J connectivity index is 2.09. The predicted molar refractivity (Wildman–Crippen MR) is 82.3 cm³/mol. The van der Waals surface area contributed by atoms with E-state index in [2.05, 4.69) is 42.3 Å². The fraction of sp³-hybridized carbons (Fsp3) is 0.562. The first-order valence-electron chi connectivity index (χ1n) is 7.29. The third-order valence-electron chi connectivity index (χ3n) is 3.47. The van der Waals surface area contributed by atoms with Gasteiger partial charge in [-0.1, -0.05) is 19.9 Å². The summed E-state index contributed by atoms with van der Waals surface area (Å²) in [6.45, 7) is 9.47. The first-order chi connectivity index (χ1) is 9.56. The van der Waals surface area contributed by atoms with Crippen molar-refractivity contribution in [2.24, 2.45) is 5.92 Å². The predicted octanol–water partition coefficient (Wildman–Crippen LogP) is 2.82. The van der Waals surface area contributed by atoms with Gasteiger partial charge in [-0.25, -0.2) is 0 Å². The van der Waals surface area contributed by atoms with Gasteiger partial charge in [0.15, 0.2) is 0 Å². The molecule has 0 radical (unpaired) electrons. The summed E-state index contributed by atoms with van der Waals surface area (Å²) in [5.74, 6) is 0.458. The molecule has 4 nitrogen and oxygen atoms in total. The first-order valence-corrected chi connectivity index (χ1v) is 7.29. The molecular weight excluding hydrogens is 252 g/mol. The van der Waals surface area contributed by atoms with E-state index in [-0.39, 0.29) is 5.91 Å². The summed E-state index contributed by atoms with van der Waals surface area (Å²) in [6.07, 6.45) is 0.557. The molecule has 1 N–H and O–H groups in total. The van der Waals surface area contributed by atoms with Crippen molar-refractivity contribution in [2.75, 3.05) is 36.5 Å². The van der Waals surface area contributed by atoms with E-state index in [1.165, 1.54) is 0 Å². The van der Waals surface area contributed by atoms with Gasteiger partial charge < -0.3 is 15.0 Å². The van der Waals surface area contributed by atoms with Crippen LogP contribution in [-0.2, 0) is 9.53 Å². The first kappa shape index (κ1) is 14.9. The molecule has 1 amide bonds. The van der Waals surface area contributed by atoms with Crippen molar-refractivity contribution in [3.05, 3.63) is 23.8 Å². The fourth-order valence-corrected chi connectivity index (χ4v) is 2.33. The second-order valence-electron chi connectivity index (χ2n) is 5.74. The van der Waals surface area contributed by atoms with Crippen molar-refractivity contribution in [3.8, 4) is 0 Å². The number of carbonyl (C=O) groups excluding carboxylic acids is 1. The van der Waals surface area contributed by atoms with Gasteiger partial charge in [0.05, 0.1) is 13.2 Å². The van der Waals surface area contributed by atoms with E-state index in [4.69, 9.17) is 4.74 Å². The average Bonchev–Trinajstić information content (AvgIpc) is 2.41. The number of aryl methyl sites for hydroxylation is 1. The zero-order valence-electron chi connectivity index (χ0n) is 12.6. The van der Waals surface area contributed by atoms with Crippen LogP contribution in [0.1, 0.15) is 25.8 Å². The molecule has 1 aromatic rings. The topological polar surface area (TPSA) is 41.6 Å². The summed E-state index contributed by atoms with van der Waals surface area (Å²) in [5.41, 5.74) is 3.16. The molecule has 0 spiro atoms. The van der Waals surface area contributed by atoms with E-state index >= 15 is 0 Å². The van der Waals surface area contributed by atoms with Crippen LogP contribution in [-0.4, -0.2) is 32.2 Å². The van der Waals surface area contributed by atoms with Gasteiger partial charge in [0.2, 0.25) is 5.91 Å². The number of carbonyl (C=O) groups is 1. The van der Waals surface area contributed by atoms with Crippen molar-refractivity contribution in [1.29, 1.82) is 0 Å². The molecule has 0 aromatic heterocycles. The minimum absolute atomic E-state index is 0.0854. The summed E-state index contributed by atoms with van der Waals surface area (Å²) in [6, 6.07) is 6.24. The second-order valence-corrected chi connectivity index (χ2v) is 5.74. The lowest BCUT2D eigenvalue weighted by Crippen LogP contribution is -2.36. The van der Waals surface area contributed by atoms with Gasteiger partial charge in [-0.15, -0.1) is 0 Å². The van der Waals surface area contributed by atoms with Crippen LogP contribution in [0.15, 0.2) is 18.2 Å². The molecule has 0 bridgehead atoms. The highest BCUT2D eigenvalue weighted by Crippen LogP contribution is 2.24. The number of nitrogens with one attached hydrogen (secondary N) is 1. The molecule has 1 aliphatic rings. The number of hydrogen-bond donors (Lipinski definition) is 1. The Labute approximate surface area is 121 Å². The molecule has 0 saturated carbocycles. The third-order valence-corrected chi connectivity index (χ3v) is 3.47. The molecule has 1 fully saturated rings. The van der Waals surface area contributed by atoms with Crippen LogP contribution in [0.2, 0.25) is 0 Å². The monoisotopic (exact) mass is 276 g/mol. The standard InChI is InChI=1S/C16H24N2O2/c1-12(2)10-16(19)17-15-11-14(5-4-13(15)3)18-6-8-20-9-7-18/h4-5,11-12H,6-10H2,1-3H3,(H,17,19). The Hall–Kier alpha value is -1.55. The Bertz CT molecular complexity index is 466. The van der Waals surface area contributed by atoms with Crippen molar-refractivity contribution in [1.82, 2.24) is 0 Å². The lowest BCUT2D eigenvalue weighted by atomic mass is 10.1. The van der Waals surface area contributed by atoms with Gasteiger partial charge in [-0.2, -0.15) is 0 Å². The number of anilines is 2. The van der Waals surface area contributed by atoms with Crippen LogP contribution < -0.4 is 10.2 Å². The Kier molecular flexibility index (Phi) is 5.01. The molecule has 4 heteroatoms. The highest BCUT2D eigenvalue weighted by Gasteiger charge is 2.13. The maximum absolute atomic E-state index is 11.9. The van der Waals surface area contributed by atoms with Crippen LogP contribution in [0.5, 0.6) is 0 Å². The molecule has 2 rings (SSSR count). The van der Waals surface area contributed by atoms with E-state index in [1.54, 1.807) is 0 Å². The second kappa shape index (κ2) is 6.75. The van der Waals surface area contributed by atoms with Gasteiger partial charge in [0.25, 0.3) is 0 Å². The molecule has 1 aliphatic heterocycles. The fourth-order valence-electron chi connectivity index (χ4n) is 2.33. The molecule has 1 saturated heterocycles. The number of rotatable bonds is 4. The molecular formula is C16H24N2O2. The maximum Gasteiger partial charge on any atom is 0.224 e. The number of nitrogens with zero attached hydrogens (tertiary/aromatic N) is 1. The minimum atomic E-state index is 0.0854. The zero-order chi connectivity index (χ0) is 14.5. The summed E-state index contributed by atoms with van der Waals surface area (Å²) >= 11 is 0. The van der Waals surface area contributed by atoms with Crippen LogP contribution in [0.4, 0.5) is 11.4 Å². The van der Waals surface area contributed by atoms with Crippen molar-refractivity contribution in [3.63, 3.8) is 0 Å². The van der Waals surface area contributed by atoms with Gasteiger partial charge in [0.1, 0.15) is 0 Å². The number of amides is 1. The molecule has 110 valence electrons. The number of morpholine rings is 1. The van der Waals surface area contributed by atoms with Crippen molar-refractivity contribution < 1.29 is 9.53 Å². The van der Waals surface area contributed by atoms with Crippen molar-refractivity contribution in [2.45, 2.75) is 27.2 Å². The minimum Gasteiger partial charge on any atom is -0.378 e. The van der Waals surface area contributed by atoms with Crippen molar-refractivity contribution >= 4 is 17.3 Å². The maximum atomic E-state index is 11.9. The third kappa shape index (κ3) is 3.97. The Morgan fingerprint density at radius 1 is 1.35 bits per heavy atom. The summed E-state index contributed by atoms with van der Waals surface area (Å²) in [4.78, 5) is 14.2. The molecule has 1 heterocycles. The largest absolute Gasteiger partial charge is 0.378 e.